The van der Waals surface area contributed by atoms with E-state index in [1.165, 1.54) is 18.6 Å². The Morgan fingerprint density at radius 3 is 3.17 bits per heavy atom. The molecule has 66 valence electrons. The molecule has 0 amide bonds. The molecule has 0 N–H and O–H groups in total. The molecule has 1 aliphatic carbocycles. The molecule has 0 bridgehead atoms. The van der Waals surface area contributed by atoms with Crippen molar-refractivity contribution in [3.05, 3.63) is 23.1 Å². The van der Waals surface area contributed by atoms with E-state index < -0.39 is 0 Å². The Bertz CT molecular complexity index is 235. The third-order valence-corrected chi connectivity index (χ3v) is 4.38. The molecule has 0 spiro atoms. The minimum absolute atomic E-state index is 0.553. The van der Waals surface area contributed by atoms with Crippen LogP contribution in [-0.2, 0) is 0 Å². The molecule has 0 nitrogen and oxygen atoms in total. The van der Waals surface area contributed by atoms with E-state index in [2.05, 4.69) is 43.8 Å². The van der Waals surface area contributed by atoms with Gasteiger partial charge in [-0.1, -0.05) is 32.1 Å². The van der Waals surface area contributed by atoms with Gasteiger partial charge in [-0.2, -0.15) is 0 Å². The van der Waals surface area contributed by atoms with E-state index in [1.807, 2.05) is 0 Å². The molecule has 1 heteroatoms. The van der Waals surface area contributed by atoms with Crippen molar-refractivity contribution >= 4 is 11.8 Å². The standard InChI is InChI=1S/C11H16S/c1-11(2)7-9-5-3-4-6-10(9)12-8-11/h3-4,6,9H,5,7-8H2,1-2H3. The fraction of sp³-hybridized carbons (Fsp3) is 0.636. The molecule has 1 aliphatic heterocycles. The van der Waals surface area contributed by atoms with Gasteiger partial charge in [0.05, 0.1) is 0 Å². The fourth-order valence-electron chi connectivity index (χ4n) is 2.01. The summed E-state index contributed by atoms with van der Waals surface area (Å²) in [5.74, 6) is 2.13. The van der Waals surface area contributed by atoms with Crippen molar-refractivity contribution in [3.63, 3.8) is 0 Å². The zero-order chi connectivity index (χ0) is 8.60. The molecule has 0 aromatic carbocycles. The van der Waals surface area contributed by atoms with Crippen LogP contribution in [0.25, 0.3) is 0 Å². The van der Waals surface area contributed by atoms with E-state index in [4.69, 9.17) is 0 Å². The molecule has 0 aromatic rings. The molecule has 1 unspecified atom stereocenters. The van der Waals surface area contributed by atoms with Gasteiger partial charge >= 0.3 is 0 Å². The minimum atomic E-state index is 0.553. The number of hydrogen-bond acceptors (Lipinski definition) is 1. The predicted octanol–water partition coefficient (Wildman–Crippen LogP) is 3.61. The second-order valence-corrected chi connectivity index (χ2v) is 5.64. The first-order valence-corrected chi connectivity index (χ1v) is 5.65. The maximum Gasteiger partial charge on any atom is 0.00285 e. The SMILES string of the molecule is CC1(C)CSC2=CC=CCC2C1. The number of rotatable bonds is 0. The van der Waals surface area contributed by atoms with Gasteiger partial charge < -0.3 is 0 Å². The third-order valence-electron chi connectivity index (χ3n) is 2.65. The molecule has 12 heavy (non-hydrogen) atoms. The molecular formula is C11H16S. The van der Waals surface area contributed by atoms with Crippen molar-refractivity contribution in [3.8, 4) is 0 Å². The second kappa shape index (κ2) is 2.95. The molecule has 1 saturated heterocycles. The Labute approximate surface area is 79.1 Å². The number of hydrogen-bond donors (Lipinski definition) is 0. The summed E-state index contributed by atoms with van der Waals surface area (Å²) >= 11 is 2.06. The lowest BCUT2D eigenvalue weighted by Gasteiger charge is -2.37. The van der Waals surface area contributed by atoms with Gasteiger partial charge in [0.1, 0.15) is 0 Å². The van der Waals surface area contributed by atoms with Crippen molar-refractivity contribution in [1.29, 1.82) is 0 Å². The van der Waals surface area contributed by atoms with Crippen LogP contribution in [0.5, 0.6) is 0 Å². The summed E-state index contributed by atoms with van der Waals surface area (Å²) in [6, 6.07) is 0. The lowest BCUT2D eigenvalue weighted by Crippen LogP contribution is -2.25. The van der Waals surface area contributed by atoms with Gasteiger partial charge in [-0.05, 0) is 29.1 Å². The fourth-order valence-corrected chi connectivity index (χ4v) is 3.28. The van der Waals surface area contributed by atoms with Crippen LogP contribution in [0.15, 0.2) is 23.1 Å². The quantitative estimate of drug-likeness (QED) is 0.549. The summed E-state index contributed by atoms with van der Waals surface area (Å²) in [5.41, 5.74) is 0.553. The van der Waals surface area contributed by atoms with Gasteiger partial charge in [0, 0.05) is 5.75 Å². The molecule has 1 fully saturated rings. The summed E-state index contributed by atoms with van der Waals surface area (Å²) in [7, 11) is 0. The summed E-state index contributed by atoms with van der Waals surface area (Å²) in [4.78, 5) is 1.62. The van der Waals surface area contributed by atoms with Crippen molar-refractivity contribution < 1.29 is 0 Å². The summed E-state index contributed by atoms with van der Waals surface area (Å²) in [5, 5.41) is 0. The molecule has 2 aliphatic rings. The van der Waals surface area contributed by atoms with Crippen LogP contribution in [0.4, 0.5) is 0 Å². The van der Waals surface area contributed by atoms with E-state index in [0.29, 0.717) is 5.41 Å². The highest BCUT2D eigenvalue weighted by Gasteiger charge is 2.31. The first-order valence-electron chi connectivity index (χ1n) is 4.67. The summed E-state index contributed by atoms with van der Waals surface area (Å²) in [6.07, 6.45) is 9.44. The van der Waals surface area contributed by atoms with Gasteiger partial charge in [0.25, 0.3) is 0 Å². The van der Waals surface area contributed by atoms with Gasteiger partial charge in [0.2, 0.25) is 0 Å². The van der Waals surface area contributed by atoms with Gasteiger partial charge in [-0.3, -0.25) is 0 Å². The topological polar surface area (TPSA) is 0 Å². The van der Waals surface area contributed by atoms with Crippen LogP contribution in [0.2, 0.25) is 0 Å². The van der Waals surface area contributed by atoms with Crippen molar-refractivity contribution in [1.82, 2.24) is 0 Å². The van der Waals surface area contributed by atoms with E-state index in [1.54, 1.807) is 4.91 Å². The molecule has 0 radical (unpaired) electrons. The predicted molar refractivity (Wildman–Crippen MR) is 56.2 cm³/mol. The molecule has 1 atom stereocenters. The molecule has 1 heterocycles. The normalized spacial score (nSPS) is 32.5. The molecule has 0 saturated carbocycles. The number of fused-ring (bicyclic) bond motifs is 1. The summed E-state index contributed by atoms with van der Waals surface area (Å²) in [6.45, 7) is 4.77. The Morgan fingerprint density at radius 2 is 2.33 bits per heavy atom. The van der Waals surface area contributed by atoms with E-state index in [0.717, 1.165) is 5.92 Å². The van der Waals surface area contributed by atoms with Crippen molar-refractivity contribution in [2.75, 3.05) is 5.75 Å². The minimum Gasteiger partial charge on any atom is -0.130 e. The number of allylic oxidation sites excluding steroid dienone is 4. The largest absolute Gasteiger partial charge is 0.130 e. The highest BCUT2D eigenvalue weighted by molar-refractivity contribution is 8.03. The highest BCUT2D eigenvalue weighted by atomic mass is 32.2. The zero-order valence-corrected chi connectivity index (χ0v) is 8.66. The second-order valence-electron chi connectivity index (χ2n) is 4.59. The van der Waals surface area contributed by atoms with Crippen molar-refractivity contribution in [2.45, 2.75) is 26.7 Å². The average Bonchev–Trinajstić information content (AvgIpc) is 2.02. The van der Waals surface area contributed by atoms with Crippen LogP contribution in [-0.4, -0.2) is 5.75 Å². The molecule has 2 rings (SSSR count). The van der Waals surface area contributed by atoms with E-state index in [-0.39, 0.29) is 0 Å². The van der Waals surface area contributed by atoms with Crippen molar-refractivity contribution in [2.24, 2.45) is 11.3 Å². The summed E-state index contributed by atoms with van der Waals surface area (Å²) < 4.78 is 0. The lowest BCUT2D eigenvalue weighted by molar-refractivity contribution is 0.321. The first kappa shape index (κ1) is 8.43. The average molecular weight is 180 g/mol. The zero-order valence-electron chi connectivity index (χ0n) is 7.84. The van der Waals surface area contributed by atoms with Gasteiger partial charge in [0.15, 0.2) is 0 Å². The maximum absolute atomic E-state index is 2.38. The number of thioether (sulfide) groups is 1. The third kappa shape index (κ3) is 1.61. The first-order chi connectivity index (χ1) is 5.67. The van der Waals surface area contributed by atoms with E-state index in [9.17, 15) is 0 Å². The Kier molecular flexibility index (Phi) is 2.07. The Balaban J connectivity index is 2.14. The monoisotopic (exact) mass is 180 g/mol. The van der Waals surface area contributed by atoms with Crippen LogP contribution < -0.4 is 0 Å². The molecular weight excluding hydrogens is 164 g/mol. The highest BCUT2D eigenvalue weighted by Crippen LogP contribution is 2.46. The van der Waals surface area contributed by atoms with Crippen LogP contribution in [0, 0.1) is 11.3 Å². The molecule has 0 aromatic heterocycles. The van der Waals surface area contributed by atoms with Gasteiger partial charge in [-0.15, -0.1) is 11.8 Å². The van der Waals surface area contributed by atoms with Crippen LogP contribution in [0.1, 0.15) is 26.7 Å². The lowest BCUT2D eigenvalue weighted by atomic mass is 9.81. The Morgan fingerprint density at radius 1 is 1.50 bits per heavy atom. The maximum atomic E-state index is 2.38. The van der Waals surface area contributed by atoms with Gasteiger partial charge in [-0.25, -0.2) is 0 Å². The Hall–Kier alpha value is -0.170. The van der Waals surface area contributed by atoms with Crippen LogP contribution >= 0.6 is 11.8 Å². The smallest absolute Gasteiger partial charge is 0.00285 e. The van der Waals surface area contributed by atoms with Crippen LogP contribution in [0.3, 0.4) is 0 Å². The van der Waals surface area contributed by atoms with E-state index >= 15 is 0 Å².